The molecule has 7 saturated heterocycles. The Morgan fingerprint density at radius 2 is 0.589 bits per heavy atom. The monoisotopic (exact) mass is 1260 g/mol. The molecule has 0 aromatic carbocycles. The van der Waals surface area contributed by atoms with E-state index >= 15 is 0 Å². The molecule has 7 heterocycles. The highest BCUT2D eigenvalue weighted by molar-refractivity contribution is 6.10. The summed E-state index contributed by atoms with van der Waals surface area (Å²) in [6.07, 6.45) is 11.9. The van der Waals surface area contributed by atoms with E-state index in [4.69, 9.17) is 33.2 Å². The fraction of sp³-hybridized carbons (Fsp3) is 0.594. The number of carbonyl (C=O) groups excluding carboxylic acids is 14. The highest BCUT2D eigenvalue weighted by Gasteiger charge is 2.50. The number of cyclic esters (lactones) is 7. The average Bonchev–Trinajstić information content (AvgIpc) is 2.44. The molecule has 0 amide bonds. The average molecular weight is 1260 g/mol. The van der Waals surface area contributed by atoms with Gasteiger partial charge in [-0.1, -0.05) is 132 Å². The van der Waals surface area contributed by atoms with Crippen molar-refractivity contribution < 1.29 is 100 Å². The zero-order chi connectivity index (χ0) is 69.3. The van der Waals surface area contributed by atoms with Gasteiger partial charge in [0, 0.05) is 10.8 Å². The summed E-state index contributed by atoms with van der Waals surface area (Å²) >= 11 is 0. The van der Waals surface area contributed by atoms with Crippen LogP contribution < -0.4 is 0 Å². The molecule has 0 radical (unpaired) electrons. The summed E-state index contributed by atoms with van der Waals surface area (Å²) in [7, 11) is 0. The van der Waals surface area contributed by atoms with Gasteiger partial charge in [0.25, 0.3) is 0 Å². The lowest BCUT2D eigenvalue weighted by Gasteiger charge is -2.23. The molecule has 0 saturated carbocycles. The van der Waals surface area contributed by atoms with Gasteiger partial charge in [0.1, 0.15) is 41.4 Å². The second kappa shape index (κ2) is 37.4. The number of ether oxygens (including phenoxy) is 7. The molecule has 21 nitrogen and oxygen atoms in total. The molecular weight excluding hydrogens is 1160 g/mol. The van der Waals surface area contributed by atoms with E-state index in [1.807, 2.05) is 83.1 Å². The predicted octanol–water partition coefficient (Wildman–Crippen LogP) is 9.35. The van der Waals surface area contributed by atoms with Gasteiger partial charge < -0.3 is 33.2 Å². The first kappa shape index (κ1) is 80.2. The van der Waals surface area contributed by atoms with Crippen LogP contribution in [0.2, 0.25) is 0 Å². The fourth-order valence-corrected chi connectivity index (χ4v) is 9.76. The van der Waals surface area contributed by atoms with Crippen LogP contribution in [-0.2, 0) is 100 Å². The van der Waals surface area contributed by atoms with E-state index in [9.17, 15) is 67.1 Å². The molecule has 0 aromatic heterocycles. The van der Waals surface area contributed by atoms with Crippen molar-refractivity contribution in [1.29, 1.82) is 0 Å². The topological polar surface area (TPSA) is 304 Å². The van der Waals surface area contributed by atoms with Crippen molar-refractivity contribution in [3.63, 3.8) is 0 Å². The third kappa shape index (κ3) is 22.3. The maximum absolute atomic E-state index is 11.8. The highest BCUT2D eigenvalue weighted by Crippen LogP contribution is 2.35. The SMILES string of the molecule is C=CC[C@@H]1C(=O)O[C@H](C(C)(C)C)C1=O.C=CC[C@H]1C(=O)O[C@@H](C(C)C)C1=O.C=CC[C@H]1C(=O)O[C@@H](C)C1=O.C=CC[C@H]1C(=O)O[C@@H](CC)C1=O.C=CC[C@H]1C(=O)O[C@@H](CCC)C1=O.C=CC[C@H]1C(=O)O[C@H](C(C)(C)C)C1=O.C=CC[C@H]1C(=O)O[C@H](C(C)C)C1=O. The van der Waals surface area contributed by atoms with Crippen molar-refractivity contribution >= 4 is 82.3 Å². The number of hydrogen-bond acceptors (Lipinski definition) is 21. The lowest BCUT2D eigenvalue weighted by molar-refractivity contribution is -0.148. The maximum atomic E-state index is 11.8. The van der Waals surface area contributed by atoms with Crippen LogP contribution in [0.15, 0.2) is 88.6 Å². The summed E-state index contributed by atoms with van der Waals surface area (Å²) in [6, 6.07) is 0. The third-order valence-electron chi connectivity index (χ3n) is 14.8. The van der Waals surface area contributed by atoms with Gasteiger partial charge in [0.05, 0.1) is 0 Å². The molecule has 7 aliphatic rings. The standard InChI is InChI=1S/2C11H16O3.3C10H14O3.C9H12O3.C8H10O3/c2*1-5-6-7-8(12)9(11(2,3)4)14-10(7)13;2*1-4-5-7-8(11)9(6(2)3)13-10(7)12;1-3-5-7-9(11)8(6-4-2)13-10(7)12;1-3-5-6-8(10)7(4-2)12-9(6)11;1-3-4-6-7(9)5(2)11-8(6)10/h2*5,7,9H,1,6H2,2-4H3;2*4,6-7,9H,1,5H2,2-3H3;3,7-8H,1,4-6H2,2H3;3,6-7H,1,4-5H2,2H3;3,5-6H,1,4H2,2H3/t7-,9+;7-,9-;7-,9+;7-,9-;7-,8+;6-,7+;5-,6+/m1011110/s1. The van der Waals surface area contributed by atoms with E-state index in [1.54, 1.807) is 49.5 Å². The number of carbonyl (C=O) groups is 14. The third-order valence-corrected chi connectivity index (χ3v) is 14.8. The van der Waals surface area contributed by atoms with E-state index in [0.717, 1.165) is 6.42 Å². The van der Waals surface area contributed by atoms with E-state index in [-0.39, 0.29) is 69.1 Å². The zero-order valence-corrected chi connectivity index (χ0v) is 54.9. The van der Waals surface area contributed by atoms with Gasteiger partial charge in [-0.3, -0.25) is 67.1 Å². The lowest BCUT2D eigenvalue weighted by Crippen LogP contribution is -2.33. The van der Waals surface area contributed by atoms with Gasteiger partial charge >= 0.3 is 41.8 Å². The molecule has 7 aliphatic heterocycles. The molecule has 7 fully saturated rings. The Bertz CT molecular complexity index is 2600. The molecule has 0 N–H and O–H groups in total. The number of esters is 7. The van der Waals surface area contributed by atoms with Crippen LogP contribution >= 0.6 is 0 Å². The van der Waals surface area contributed by atoms with Crippen LogP contribution in [0.4, 0.5) is 0 Å². The van der Waals surface area contributed by atoms with E-state index in [0.29, 0.717) is 57.8 Å². The first-order chi connectivity index (χ1) is 42.0. The smallest absolute Gasteiger partial charge is 0.317 e. The predicted molar refractivity (Wildman–Crippen MR) is 332 cm³/mol. The molecule has 0 aromatic rings. The zero-order valence-electron chi connectivity index (χ0n) is 54.9. The second-order valence-corrected chi connectivity index (χ2v) is 25.1. The molecule has 14 atom stereocenters. The van der Waals surface area contributed by atoms with Crippen molar-refractivity contribution in [2.45, 2.75) is 197 Å². The van der Waals surface area contributed by atoms with Gasteiger partial charge in [0.15, 0.2) is 83.2 Å². The Kier molecular flexibility index (Phi) is 33.3. The lowest BCUT2D eigenvalue weighted by atomic mass is 9.84. The van der Waals surface area contributed by atoms with Crippen LogP contribution in [0.1, 0.15) is 154 Å². The maximum Gasteiger partial charge on any atom is 0.317 e. The van der Waals surface area contributed by atoms with Crippen LogP contribution in [0.5, 0.6) is 0 Å². The molecule has 90 heavy (non-hydrogen) atoms. The van der Waals surface area contributed by atoms with Crippen molar-refractivity contribution in [3.8, 4) is 0 Å². The summed E-state index contributed by atoms with van der Waals surface area (Å²) in [5, 5.41) is 0. The first-order valence-electron chi connectivity index (χ1n) is 30.4. The number of ketones is 7. The van der Waals surface area contributed by atoms with Crippen molar-refractivity contribution in [1.82, 2.24) is 0 Å². The normalized spacial score (nSPS) is 28.2. The molecule has 0 aliphatic carbocycles. The molecule has 7 rings (SSSR count). The summed E-state index contributed by atoms with van der Waals surface area (Å²) in [5.74, 6) is -7.65. The minimum absolute atomic E-state index is 0.0614. The Balaban J connectivity index is 0.000000526. The van der Waals surface area contributed by atoms with Crippen LogP contribution in [-0.4, -0.2) is 125 Å². The second-order valence-electron chi connectivity index (χ2n) is 25.1. The minimum atomic E-state index is -0.628. The van der Waals surface area contributed by atoms with Crippen molar-refractivity contribution in [3.05, 3.63) is 88.6 Å². The van der Waals surface area contributed by atoms with Crippen molar-refractivity contribution in [2.24, 2.45) is 64.1 Å². The van der Waals surface area contributed by atoms with Gasteiger partial charge in [-0.05, 0) is 76.5 Å². The Morgan fingerprint density at radius 1 is 0.344 bits per heavy atom. The van der Waals surface area contributed by atoms with Gasteiger partial charge in [-0.15, -0.1) is 46.1 Å². The van der Waals surface area contributed by atoms with Crippen molar-refractivity contribution in [2.75, 3.05) is 0 Å². The fourth-order valence-electron chi connectivity index (χ4n) is 9.76. The van der Waals surface area contributed by atoms with Crippen LogP contribution in [0.3, 0.4) is 0 Å². The molecule has 21 heteroatoms. The Morgan fingerprint density at radius 3 is 0.811 bits per heavy atom. The van der Waals surface area contributed by atoms with Crippen LogP contribution in [0.25, 0.3) is 0 Å². The van der Waals surface area contributed by atoms with E-state index < -0.39 is 120 Å². The van der Waals surface area contributed by atoms with Gasteiger partial charge in [-0.25, -0.2) is 0 Å². The number of rotatable bonds is 19. The summed E-state index contributed by atoms with van der Waals surface area (Å²) < 4.78 is 34.6. The van der Waals surface area contributed by atoms with Crippen LogP contribution in [0, 0.1) is 64.1 Å². The summed E-state index contributed by atoms with van der Waals surface area (Å²) in [6.45, 7) is 48.7. The summed E-state index contributed by atoms with van der Waals surface area (Å²) in [5.41, 5.74) is -0.634. The summed E-state index contributed by atoms with van der Waals surface area (Å²) in [4.78, 5) is 159. The molecular formula is C69H96O21. The number of allylic oxidation sites excluding steroid dienone is 7. The highest BCUT2D eigenvalue weighted by atomic mass is 16.6. The first-order valence-corrected chi connectivity index (χ1v) is 30.4. The Labute approximate surface area is 530 Å². The Hall–Kier alpha value is -7.84. The number of Topliss-reactive ketones (excluding diaryl/α,β-unsaturated/α-hetero) is 7. The van der Waals surface area contributed by atoms with Gasteiger partial charge in [0.2, 0.25) is 0 Å². The van der Waals surface area contributed by atoms with E-state index in [2.05, 4.69) is 46.1 Å². The molecule has 0 bridgehead atoms. The molecule has 498 valence electrons. The number of hydrogen-bond donors (Lipinski definition) is 0. The quantitative estimate of drug-likeness (QED) is 0.0503. The molecule has 0 spiro atoms. The minimum Gasteiger partial charge on any atom is -0.454 e. The molecule has 0 unspecified atom stereocenters. The largest absolute Gasteiger partial charge is 0.454 e. The van der Waals surface area contributed by atoms with Gasteiger partial charge in [-0.2, -0.15) is 0 Å². The van der Waals surface area contributed by atoms with E-state index in [1.165, 1.54) is 0 Å².